The Labute approximate surface area is 92.9 Å². The fraction of sp³-hybridized carbons (Fsp3) is 0. The first-order valence-corrected chi connectivity index (χ1v) is 4.85. The Morgan fingerprint density at radius 2 is 1.80 bits per heavy atom. The summed E-state index contributed by atoms with van der Waals surface area (Å²) in [6.07, 6.45) is 3.32. The van der Waals surface area contributed by atoms with Gasteiger partial charge in [0.05, 0.1) is 17.6 Å². The summed E-state index contributed by atoms with van der Waals surface area (Å²) in [6, 6.07) is 9.26. The second kappa shape index (κ2) is 4.19. The van der Waals surface area contributed by atoms with E-state index in [1.54, 1.807) is 12.4 Å². The normalized spacial score (nSPS) is 9.93. The van der Waals surface area contributed by atoms with Crippen LogP contribution in [0.1, 0.15) is 0 Å². The molecule has 3 N–H and O–H groups in total. The average Bonchev–Trinajstić information content (AvgIpc) is 2.22. The molecule has 0 radical (unpaired) electrons. The molecule has 76 valence electrons. The molecule has 4 heteroatoms. The van der Waals surface area contributed by atoms with E-state index in [2.05, 4.69) is 10.3 Å². The molecule has 15 heavy (non-hydrogen) atoms. The van der Waals surface area contributed by atoms with Gasteiger partial charge in [-0.15, -0.1) is 0 Å². The summed E-state index contributed by atoms with van der Waals surface area (Å²) in [7, 11) is 0. The number of nitrogen functional groups attached to an aromatic ring is 1. The highest BCUT2D eigenvalue weighted by molar-refractivity contribution is 6.30. The monoisotopic (exact) mass is 219 g/mol. The van der Waals surface area contributed by atoms with E-state index in [0.29, 0.717) is 10.7 Å². The maximum atomic E-state index is 5.78. The van der Waals surface area contributed by atoms with Gasteiger partial charge in [0.25, 0.3) is 0 Å². The summed E-state index contributed by atoms with van der Waals surface area (Å²) in [4.78, 5) is 3.98. The largest absolute Gasteiger partial charge is 0.397 e. The third-order valence-electron chi connectivity index (χ3n) is 1.89. The summed E-state index contributed by atoms with van der Waals surface area (Å²) in [5.74, 6) is 0. The quantitative estimate of drug-likeness (QED) is 0.816. The third-order valence-corrected chi connectivity index (χ3v) is 2.14. The molecular formula is C11H10ClN3. The Morgan fingerprint density at radius 3 is 2.47 bits per heavy atom. The van der Waals surface area contributed by atoms with Crippen LogP contribution in [0.3, 0.4) is 0 Å². The lowest BCUT2D eigenvalue weighted by molar-refractivity contribution is 1.32. The predicted octanol–water partition coefficient (Wildman–Crippen LogP) is 3.06. The number of aromatic nitrogens is 1. The summed E-state index contributed by atoms with van der Waals surface area (Å²) in [6.45, 7) is 0. The van der Waals surface area contributed by atoms with Gasteiger partial charge in [-0.1, -0.05) is 11.6 Å². The number of rotatable bonds is 2. The van der Waals surface area contributed by atoms with Crippen LogP contribution in [0.2, 0.25) is 5.02 Å². The predicted molar refractivity (Wildman–Crippen MR) is 63.4 cm³/mol. The highest BCUT2D eigenvalue weighted by Crippen LogP contribution is 2.19. The van der Waals surface area contributed by atoms with Crippen molar-refractivity contribution in [3.63, 3.8) is 0 Å². The standard InChI is InChI=1S/C11H10ClN3/c12-8-1-3-10(4-2-8)15-11-5-9(13)6-14-7-11/h1-7,15H,13H2. The second-order valence-corrected chi connectivity index (χ2v) is 3.58. The molecule has 0 bridgehead atoms. The van der Waals surface area contributed by atoms with Gasteiger partial charge in [-0.25, -0.2) is 0 Å². The van der Waals surface area contributed by atoms with Gasteiger partial charge in [-0.3, -0.25) is 4.98 Å². The number of pyridine rings is 1. The van der Waals surface area contributed by atoms with Crippen molar-refractivity contribution in [3.8, 4) is 0 Å². The van der Waals surface area contributed by atoms with Gasteiger partial charge in [0.2, 0.25) is 0 Å². The Kier molecular flexibility index (Phi) is 2.74. The SMILES string of the molecule is Nc1cncc(Nc2ccc(Cl)cc2)c1. The number of nitrogens with zero attached hydrogens (tertiary/aromatic N) is 1. The van der Waals surface area contributed by atoms with E-state index in [0.717, 1.165) is 11.4 Å². The molecule has 0 amide bonds. The van der Waals surface area contributed by atoms with Crippen LogP contribution in [0.5, 0.6) is 0 Å². The van der Waals surface area contributed by atoms with Crippen LogP contribution >= 0.6 is 11.6 Å². The molecule has 0 spiro atoms. The first-order chi connectivity index (χ1) is 7.24. The molecule has 1 aromatic heterocycles. The van der Waals surface area contributed by atoms with Crippen LogP contribution in [0.25, 0.3) is 0 Å². The van der Waals surface area contributed by atoms with E-state index in [1.807, 2.05) is 30.3 Å². The number of anilines is 3. The van der Waals surface area contributed by atoms with Crippen molar-refractivity contribution in [2.24, 2.45) is 0 Å². The minimum absolute atomic E-state index is 0.633. The Morgan fingerprint density at radius 1 is 1.07 bits per heavy atom. The highest BCUT2D eigenvalue weighted by atomic mass is 35.5. The molecular weight excluding hydrogens is 210 g/mol. The molecule has 0 saturated carbocycles. The summed E-state index contributed by atoms with van der Waals surface area (Å²) < 4.78 is 0. The van der Waals surface area contributed by atoms with Crippen molar-refractivity contribution in [2.75, 3.05) is 11.1 Å². The molecule has 0 atom stereocenters. The molecule has 0 fully saturated rings. The first-order valence-electron chi connectivity index (χ1n) is 4.47. The van der Waals surface area contributed by atoms with Crippen LogP contribution in [-0.4, -0.2) is 4.98 Å². The molecule has 1 heterocycles. The number of halogens is 1. The minimum atomic E-state index is 0.633. The lowest BCUT2D eigenvalue weighted by atomic mass is 10.3. The van der Waals surface area contributed by atoms with Gasteiger partial charge >= 0.3 is 0 Å². The van der Waals surface area contributed by atoms with E-state index in [9.17, 15) is 0 Å². The van der Waals surface area contributed by atoms with E-state index < -0.39 is 0 Å². The lowest BCUT2D eigenvalue weighted by Gasteiger charge is -2.06. The van der Waals surface area contributed by atoms with Crippen molar-refractivity contribution < 1.29 is 0 Å². The van der Waals surface area contributed by atoms with Gasteiger partial charge < -0.3 is 11.1 Å². The number of hydrogen-bond donors (Lipinski definition) is 2. The average molecular weight is 220 g/mol. The Balaban J connectivity index is 2.18. The van der Waals surface area contributed by atoms with Crippen molar-refractivity contribution in [1.29, 1.82) is 0 Å². The van der Waals surface area contributed by atoms with Crippen molar-refractivity contribution in [3.05, 3.63) is 47.7 Å². The zero-order valence-electron chi connectivity index (χ0n) is 7.94. The van der Waals surface area contributed by atoms with Crippen LogP contribution in [-0.2, 0) is 0 Å². The van der Waals surface area contributed by atoms with Crippen LogP contribution in [0.15, 0.2) is 42.7 Å². The molecule has 0 aliphatic rings. The summed E-state index contributed by atoms with van der Waals surface area (Å²) in [5, 5.41) is 3.88. The van der Waals surface area contributed by atoms with Gasteiger partial charge in [-0.2, -0.15) is 0 Å². The summed E-state index contributed by atoms with van der Waals surface area (Å²) >= 11 is 5.78. The van der Waals surface area contributed by atoms with Gasteiger partial charge in [-0.05, 0) is 30.3 Å². The van der Waals surface area contributed by atoms with E-state index in [1.165, 1.54) is 0 Å². The fourth-order valence-electron chi connectivity index (χ4n) is 1.23. The molecule has 3 nitrogen and oxygen atoms in total. The molecule has 0 aliphatic carbocycles. The maximum Gasteiger partial charge on any atom is 0.0591 e. The van der Waals surface area contributed by atoms with Gasteiger partial charge in [0.15, 0.2) is 0 Å². The second-order valence-electron chi connectivity index (χ2n) is 3.14. The molecule has 1 aromatic carbocycles. The minimum Gasteiger partial charge on any atom is -0.397 e. The van der Waals surface area contributed by atoms with Crippen molar-refractivity contribution in [2.45, 2.75) is 0 Å². The Hall–Kier alpha value is -1.74. The zero-order valence-corrected chi connectivity index (χ0v) is 8.70. The smallest absolute Gasteiger partial charge is 0.0591 e. The van der Waals surface area contributed by atoms with Gasteiger partial charge in [0.1, 0.15) is 0 Å². The fourth-order valence-corrected chi connectivity index (χ4v) is 1.35. The molecule has 2 rings (SSSR count). The van der Waals surface area contributed by atoms with E-state index in [-0.39, 0.29) is 0 Å². The van der Waals surface area contributed by atoms with Crippen LogP contribution in [0, 0.1) is 0 Å². The third kappa shape index (κ3) is 2.60. The zero-order chi connectivity index (χ0) is 10.7. The number of nitrogens with one attached hydrogen (secondary N) is 1. The molecule has 0 aliphatic heterocycles. The topological polar surface area (TPSA) is 50.9 Å². The van der Waals surface area contributed by atoms with E-state index in [4.69, 9.17) is 17.3 Å². The van der Waals surface area contributed by atoms with Gasteiger partial charge in [0, 0.05) is 16.9 Å². The number of nitrogens with two attached hydrogens (primary N) is 1. The molecule has 0 unspecified atom stereocenters. The van der Waals surface area contributed by atoms with Crippen molar-refractivity contribution >= 4 is 28.7 Å². The number of hydrogen-bond acceptors (Lipinski definition) is 3. The Bertz CT molecular complexity index is 454. The summed E-state index contributed by atoms with van der Waals surface area (Å²) in [5.41, 5.74) is 8.06. The van der Waals surface area contributed by atoms with E-state index >= 15 is 0 Å². The van der Waals surface area contributed by atoms with Crippen molar-refractivity contribution in [1.82, 2.24) is 4.98 Å². The number of benzene rings is 1. The lowest BCUT2D eigenvalue weighted by Crippen LogP contribution is -1.93. The maximum absolute atomic E-state index is 5.78. The van der Waals surface area contributed by atoms with Crippen LogP contribution < -0.4 is 11.1 Å². The first kappa shape index (κ1) is 9.80. The molecule has 0 saturated heterocycles. The van der Waals surface area contributed by atoms with Crippen LogP contribution in [0.4, 0.5) is 17.1 Å². The highest BCUT2D eigenvalue weighted by Gasteiger charge is 1.95. The molecule has 2 aromatic rings.